The minimum atomic E-state index is -0.420. The molecule has 1 unspecified atom stereocenters. The van der Waals surface area contributed by atoms with Crippen LogP contribution in [0.25, 0.3) is 0 Å². The van der Waals surface area contributed by atoms with Gasteiger partial charge in [0.05, 0.1) is 12.5 Å². The van der Waals surface area contributed by atoms with E-state index in [-0.39, 0.29) is 23.7 Å². The lowest BCUT2D eigenvalue weighted by molar-refractivity contribution is -0.135. The molecule has 2 fully saturated rings. The maximum atomic E-state index is 12.6. The molecule has 0 radical (unpaired) electrons. The molecule has 7 nitrogen and oxygen atoms in total. The number of amides is 3. The molecule has 3 rings (SSSR count). The SMILES string of the molecule is CCOC(=O)N(C)c1ccc(NC(=O)C2CCCN(C(=O)C3CC3)C2)cc1. The van der Waals surface area contributed by atoms with Gasteiger partial charge in [0.15, 0.2) is 0 Å². The van der Waals surface area contributed by atoms with Gasteiger partial charge in [-0.05, 0) is 56.9 Å². The van der Waals surface area contributed by atoms with Gasteiger partial charge in [0.2, 0.25) is 11.8 Å². The molecule has 27 heavy (non-hydrogen) atoms. The number of nitrogens with zero attached hydrogens (tertiary/aromatic N) is 2. The summed E-state index contributed by atoms with van der Waals surface area (Å²) < 4.78 is 4.97. The van der Waals surface area contributed by atoms with Gasteiger partial charge in [-0.15, -0.1) is 0 Å². The van der Waals surface area contributed by atoms with Gasteiger partial charge in [0.25, 0.3) is 0 Å². The van der Waals surface area contributed by atoms with E-state index in [1.54, 1.807) is 38.2 Å². The second-order valence-electron chi connectivity index (χ2n) is 7.19. The summed E-state index contributed by atoms with van der Waals surface area (Å²) in [6, 6.07) is 7.05. The van der Waals surface area contributed by atoms with Crippen molar-refractivity contribution in [2.45, 2.75) is 32.6 Å². The van der Waals surface area contributed by atoms with Crippen molar-refractivity contribution in [1.82, 2.24) is 4.90 Å². The second-order valence-corrected chi connectivity index (χ2v) is 7.19. The largest absolute Gasteiger partial charge is 0.449 e. The number of piperidine rings is 1. The van der Waals surface area contributed by atoms with E-state index in [4.69, 9.17) is 4.74 Å². The van der Waals surface area contributed by atoms with Crippen molar-refractivity contribution in [3.05, 3.63) is 24.3 Å². The molecule has 1 aromatic carbocycles. The van der Waals surface area contributed by atoms with Crippen molar-refractivity contribution in [3.8, 4) is 0 Å². The van der Waals surface area contributed by atoms with Crippen LogP contribution in [0, 0.1) is 11.8 Å². The standard InChI is InChI=1S/C20H27N3O4/c1-3-27-20(26)22(2)17-10-8-16(9-11-17)21-18(24)15-5-4-12-23(13-15)19(25)14-6-7-14/h8-11,14-15H,3-7,12-13H2,1-2H3,(H,21,24). The third kappa shape index (κ3) is 4.78. The minimum Gasteiger partial charge on any atom is -0.449 e. The molecule has 0 aromatic heterocycles. The van der Waals surface area contributed by atoms with E-state index in [0.29, 0.717) is 24.5 Å². The zero-order chi connectivity index (χ0) is 19.4. The van der Waals surface area contributed by atoms with Crippen LogP contribution in [0.2, 0.25) is 0 Å². The molecule has 0 bridgehead atoms. The predicted molar refractivity (Wildman–Crippen MR) is 103 cm³/mol. The fourth-order valence-electron chi connectivity index (χ4n) is 3.32. The maximum absolute atomic E-state index is 12.6. The summed E-state index contributed by atoms with van der Waals surface area (Å²) in [7, 11) is 1.64. The normalized spacial score (nSPS) is 19.3. The number of anilines is 2. The first-order valence-corrected chi connectivity index (χ1v) is 9.59. The van der Waals surface area contributed by atoms with Crippen LogP contribution in [-0.2, 0) is 14.3 Å². The lowest BCUT2D eigenvalue weighted by atomic mass is 9.96. The lowest BCUT2D eigenvalue weighted by Gasteiger charge is -2.32. The molecule has 1 heterocycles. The first kappa shape index (κ1) is 19.2. The quantitative estimate of drug-likeness (QED) is 0.861. The van der Waals surface area contributed by atoms with E-state index in [2.05, 4.69) is 5.32 Å². The Kier molecular flexibility index (Phi) is 5.98. The highest BCUT2D eigenvalue weighted by molar-refractivity contribution is 5.94. The molecule has 7 heteroatoms. The van der Waals surface area contributed by atoms with Crippen LogP contribution in [-0.4, -0.2) is 49.6 Å². The minimum absolute atomic E-state index is 0.0604. The molecule has 1 atom stereocenters. The Morgan fingerprint density at radius 3 is 2.48 bits per heavy atom. The van der Waals surface area contributed by atoms with Crippen LogP contribution in [0.4, 0.5) is 16.2 Å². The highest BCUT2D eigenvalue weighted by Crippen LogP contribution is 2.32. The Hall–Kier alpha value is -2.57. The molecule has 1 saturated carbocycles. The summed E-state index contributed by atoms with van der Waals surface area (Å²) in [6.07, 6.45) is 3.21. The van der Waals surface area contributed by atoms with E-state index in [1.807, 2.05) is 4.90 Å². The number of hydrogen-bond acceptors (Lipinski definition) is 4. The Balaban J connectivity index is 1.55. The fraction of sp³-hybridized carbons (Fsp3) is 0.550. The lowest BCUT2D eigenvalue weighted by Crippen LogP contribution is -2.44. The monoisotopic (exact) mass is 373 g/mol. The van der Waals surface area contributed by atoms with Gasteiger partial charge < -0.3 is 15.0 Å². The van der Waals surface area contributed by atoms with Gasteiger partial charge in [0, 0.05) is 37.4 Å². The predicted octanol–water partition coefficient (Wildman–Crippen LogP) is 2.87. The van der Waals surface area contributed by atoms with Crippen LogP contribution in [0.3, 0.4) is 0 Å². The van der Waals surface area contributed by atoms with E-state index >= 15 is 0 Å². The Labute approximate surface area is 159 Å². The first-order valence-electron chi connectivity index (χ1n) is 9.59. The molecule has 1 N–H and O–H groups in total. The fourth-order valence-corrected chi connectivity index (χ4v) is 3.32. The number of ether oxygens (including phenoxy) is 1. The molecule has 1 aliphatic carbocycles. The van der Waals surface area contributed by atoms with Crippen molar-refractivity contribution in [2.75, 3.05) is 37.0 Å². The molecular weight excluding hydrogens is 346 g/mol. The van der Waals surface area contributed by atoms with Gasteiger partial charge >= 0.3 is 6.09 Å². The van der Waals surface area contributed by atoms with E-state index in [9.17, 15) is 14.4 Å². The molecular formula is C20H27N3O4. The van der Waals surface area contributed by atoms with Crippen molar-refractivity contribution in [2.24, 2.45) is 11.8 Å². The van der Waals surface area contributed by atoms with E-state index in [0.717, 1.165) is 32.2 Å². The smallest absolute Gasteiger partial charge is 0.413 e. The molecule has 2 aliphatic rings. The van der Waals surface area contributed by atoms with Gasteiger partial charge in [-0.2, -0.15) is 0 Å². The van der Waals surface area contributed by atoms with Crippen molar-refractivity contribution >= 4 is 29.3 Å². The number of benzene rings is 1. The highest BCUT2D eigenvalue weighted by Gasteiger charge is 2.36. The van der Waals surface area contributed by atoms with Crippen LogP contribution >= 0.6 is 0 Å². The summed E-state index contributed by atoms with van der Waals surface area (Å²) in [5.41, 5.74) is 1.36. The number of likely N-dealkylation sites (tertiary alicyclic amines) is 1. The van der Waals surface area contributed by atoms with Gasteiger partial charge in [-0.1, -0.05) is 0 Å². The van der Waals surface area contributed by atoms with Crippen LogP contribution in [0.5, 0.6) is 0 Å². The molecule has 1 aromatic rings. The average Bonchev–Trinajstić information content (AvgIpc) is 3.53. The summed E-state index contributed by atoms with van der Waals surface area (Å²) in [5, 5.41) is 2.92. The van der Waals surface area contributed by atoms with Gasteiger partial charge in [0.1, 0.15) is 0 Å². The van der Waals surface area contributed by atoms with Crippen LogP contribution in [0.1, 0.15) is 32.6 Å². The summed E-state index contributed by atoms with van der Waals surface area (Å²) >= 11 is 0. The zero-order valence-corrected chi connectivity index (χ0v) is 15.9. The van der Waals surface area contributed by atoms with Crippen LogP contribution in [0.15, 0.2) is 24.3 Å². The molecule has 146 valence electrons. The Morgan fingerprint density at radius 1 is 1.15 bits per heavy atom. The summed E-state index contributed by atoms with van der Waals surface area (Å²) in [5.74, 6) is 0.160. The van der Waals surface area contributed by atoms with Crippen molar-refractivity contribution in [1.29, 1.82) is 0 Å². The highest BCUT2D eigenvalue weighted by atomic mass is 16.6. The number of carbonyl (C=O) groups is 3. The molecule has 3 amide bonds. The Morgan fingerprint density at radius 2 is 1.85 bits per heavy atom. The molecule has 0 spiro atoms. The summed E-state index contributed by atoms with van der Waals surface area (Å²) in [4.78, 5) is 39.9. The number of rotatable bonds is 5. The zero-order valence-electron chi connectivity index (χ0n) is 15.9. The summed E-state index contributed by atoms with van der Waals surface area (Å²) in [6.45, 7) is 3.34. The topological polar surface area (TPSA) is 79.0 Å². The van der Waals surface area contributed by atoms with Crippen molar-refractivity contribution in [3.63, 3.8) is 0 Å². The van der Waals surface area contributed by atoms with E-state index in [1.165, 1.54) is 4.90 Å². The number of nitrogens with one attached hydrogen (secondary N) is 1. The van der Waals surface area contributed by atoms with Gasteiger partial charge in [-0.25, -0.2) is 4.79 Å². The average molecular weight is 373 g/mol. The third-order valence-electron chi connectivity index (χ3n) is 5.09. The van der Waals surface area contributed by atoms with Gasteiger partial charge in [-0.3, -0.25) is 14.5 Å². The number of carbonyl (C=O) groups excluding carboxylic acids is 3. The maximum Gasteiger partial charge on any atom is 0.413 e. The Bertz CT molecular complexity index is 700. The first-order chi connectivity index (χ1) is 13.0. The molecule has 1 aliphatic heterocycles. The van der Waals surface area contributed by atoms with Crippen molar-refractivity contribution < 1.29 is 19.1 Å². The third-order valence-corrected chi connectivity index (χ3v) is 5.09. The number of hydrogen-bond donors (Lipinski definition) is 1. The molecule has 1 saturated heterocycles. The van der Waals surface area contributed by atoms with Crippen LogP contribution < -0.4 is 10.2 Å². The second kappa shape index (κ2) is 8.41. The van der Waals surface area contributed by atoms with E-state index < -0.39 is 6.09 Å².